The Hall–Kier alpha value is -1.15. The first-order chi connectivity index (χ1) is 8.99. The fraction of sp³-hybridized carbons (Fsp3) is 0.500. The first kappa shape index (κ1) is 15.9. The van der Waals surface area contributed by atoms with Crippen LogP contribution in [0.5, 0.6) is 5.75 Å². The lowest BCUT2D eigenvalue weighted by Gasteiger charge is -2.18. The molecule has 0 bridgehead atoms. The van der Waals surface area contributed by atoms with Crippen LogP contribution in [0.25, 0.3) is 0 Å². The van der Waals surface area contributed by atoms with Crippen LogP contribution in [0, 0.1) is 0 Å². The average Bonchev–Trinajstić information content (AvgIpc) is 2.39. The number of nitrogens with one attached hydrogen (secondary N) is 1. The van der Waals surface area contributed by atoms with Crippen LogP contribution in [0.4, 0.5) is 0 Å². The zero-order valence-electron chi connectivity index (χ0n) is 11.2. The predicted octanol–water partition coefficient (Wildman–Crippen LogP) is 0.344. The van der Waals surface area contributed by atoms with E-state index in [2.05, 4.69) is 4.72 Å². The number of ether oxygens (including phenoxy) is 1. The van der Waals surface area contributed by atoms with Crippen molar-refractivity contribution in [2.24, 2.45) is 0 Å². The van der Waals surface area contributed by atoms with Crippen LogP contribution in [0.15, 0.2) is 24.3 Å². The molecule has 0 unspecified atom stereocenters. The quantitative estimate of drug-likeness (QED) is 0.676. The Labute approximate surface area is 114 Å². The van der Waals surface area contributed by atoms with E-state index in [9.17, 15) is 8.42 Å². The molecule has 19 heavy (non-hydrogen) atoms. The molecule has 108 valence electrons. The van der Waals surface area contributed by atoms with Crippen molar-refractivity contribution in [3.63, 3.8) is 0 Å². The minimum atomic E-state index is -3.52. The maximum Gasteiger partial charge on any atom is 0.279 e. The number of hydrogen-bond acceptors (Lipinski definition) is 4. The van der Waals surface area contributed by atoms with E-state index in [1.807, 2.05) is 12.1 Å². The SMILES string of the molecule is COc1cccc(CN(C)S(=O)(=O)NCCCO)c1. The van der Waals surface area contributed by atoms with Gasteiger partial charge in [0.15, 0.2) is 0 Å². The van der Waals surface area contributed by atoms with Gasteiger partial charge in [0, 0.05) is 26.7 Å². The summed E-state index contributed by atoms with van der Waals surface area (Å²) in [5.74, 6) is 0.691. The third kappa shape index (κ3) is 5.15. The van der Waals surface area contributed by atoms with Gasteiger partial charge in [0.25, 0.3) is 10.2 Å². The van der Waals surface area contributed by atoms with Crippen molar-refractivity contribution in [1.82, 2.24) is 9.03 Å². The summed E-state index contributed by atoms with van der Waals surface area (Å²) in [4.78, 5) is 0. The third-order valence-corrected chi connectivity index (χ3v) is 4.09. The predicted molar refractivity (Wildman–Crippen MR) is 73.1 cm³/mol. The molecule has 0 radical (unpaired) electrons. The zero-order chi connectivity index (χ0) is 14.3. The first-order valence-corrected chi connectivity index (χ1v) is 7.38. The Kier molecular flexibility index (Phi) is 6.23. The molecule has 2 N–H and O–H groups in total. The molecule has 0 aromatic heterocycles. The van der Waals surface area contributed by atoms with Gasteiger partial charge in [0.05, 0.1) is 7.11 Å². The lowest BCUT2D eigenvalue weighted by atomic mass is 10.2. The number of methoxy groups -OCH3 is 1. The molecule has 0 saturated heterocycles. The van der Waals surface area contributed by atoms with Crippen molar-refractivity contribution < 1.29 is 18.3 Å². The van der Waals surface area contributed by atoms with Crippen molar-refractivity contribution in [2.75, 3.05) is 27.3 Å². The van der Waals surface area contributed by atoms with Gasteiger partial charge in [-0.1, -0.05) is 12.1 Å². The van der Waals surface area contributed by atoms with Crippen molar-refractivity contribution >= 4 is 10.2 Å². The van der Waals surface area contributed by atoms with Gasteiger partial charge < -0.3 is 9.84 Å². The molecule has 0 aliphatic heterocycles. The van der Waals surface area contributed by atoms with Gasteiger partial charge in [-0.3, -0.25) is 0 Å². The number of aliphatic hydroxyl groups is 1. The maximum atomic E-state index is 11.9. The Balaban J connectivity index is 2.64. The fourth-order valence-electron chi connectivity index (χ4n) is 1.50. The standard InChI is InChI=1S/C12H20N2O4S/c1-14(19(16,17)13-7-4-8-15)10-11-5-3-6-12(9-11)18-2/h3,5-6,9,13,15H,4,7-8,10H2,1-2H3. The molecule has 0 amide bonds. The highest BCUT2D eigenvalue weighted by Gasteiger charge is 2.16. The van der Waals surface area contributed by atoms with Crippen molar-refractivity contribution in [3.05, 3.63) is 29.8 Å². The molecule has 1 aromatic rings. The molecule has 0 aliphatic carbocycles. The Bertz CT molecular complexity index is 490. The summed E-state index contributed by atoms with van der Waals surface area (Å²) < 4.78 is 32.5. The van der Waals surface area contributed by atoms with E-state index in [0.29, 0.717) is 12.2 Å². The molecule has 6 nitrogen and oxygen atoms in total. The summed E-state index contributed by atoms with van der Waals surface area (Å²) in [5, 5.41) is 8.63. The van der Waals surface area contributed by atoms with E-state index >= 15 is 0 Å². The molecule has 0 heterocycles. The van der Waals surface area contributed by atoms with E-state index in [4.69, 9.17) is 9.84 Å². The van der Waals surface area contributed by atoms with Crippen LogP contribution < -0.4 is 9.46 Å². The van der Waals surface area contributed by atoms with Gasteiger partial charge in [-0.25, -0.2) is 4.72 Å². The second-order valence-electron chi connectivity index (χ2n) is 4.08. The van der Waals surface area contributed by atoms with Gasteiger partial charge in [0.2, 0.25) is 0 Å². The van der Waals surface area contributed by atoms with Crippen LogP contribution in [0.2, 0.25) is 0 Å². The summed E-state index contributed by atoms with van der Waals surface area (Å²) in [5.41, 5.74) is 0.842. The summed E-state index contributed by atoms with van der Waals surface area (Å²) in [6, 6.07) is 7.24. The average molecular weight is 288 g/mol. The molecular weight excluding hydrogens is 268 g/mol. The van der Waals surface area contributed by atoms with E-state index in [-0.39, 0.29) is 19.7 Å². The number of nitrogens with zero attached hydrogens (tertiary/aromatic N) is 1. The lowest BCUT2D eigenvalue weighted by Crippen LogP contribution is -2.38. The van der Waals surface area contributed by atoms with Crippen molar-refractivity contribution in [2.45, 2.75) is 13.0 Å². The summed E-state index contributed by atoms with van der Waals surface area (Å²) in [6.45, 7) is 0.440. The van der Waals surface area contributed by atoms with Crippen LogP contribution in [0.3, 0.4) is 0 Å². The monoisotopic (exact) mass is 288 g/mol. The molecule has 0 saturated carbocycles. The highest BCUT2D eigenvalue weighted by atomic mass is 32.2. The van der Waals surface area contributed by atoms with Gasteiger partial charge >= 0.3 is 0 Å². The molecule has 0 spiro atoms. The van der Waals surface area contributed by atoms with Crippen molar-refractivity contribution in [3.8, 4) is 5.75 Å². The van der Waals surface area contributed by atoms with Crippen LogP contribution >= 0.6 is 0 Å². The number of hydrogen-bond donors (Lipinski definition) is 2. The van der Waals surface area contributed by atoms with E-state index in [0.717, 1.165) is 5.56 Å². The fourth-order valence-corrected chi connectivity index (χ4v) is 2.45. The smallest absolute Gasteiger partial charge is 0.279 e. The highest BCUT2D eigenvalue weighted by Crippen LogP contribution is 2.14. The number of rotatable bonds is 8. The van der Waals surface area contributed by atoms with Crippen LogP contribution in [-0.4, -0.2) is 45.1 Å². The van der Waals surface area contributed by atoms with E-state index in [1.165, 1.54) is 11.4 Å². The molecule has 0 fully saturated rings. The second kappa shape index (κ2) is 7.44. The third-order valence-electron chi connectivity index (χ3n) is 2.57. The van der Waals surface area contributed by atoms with E-state index in [1.54, 1.807) is 19.2 Å². The minimum absolute atomic E-state index is 0.0396. The highest BCUT2D eigenvalue weighted by molar-refractivity contribution is 7.87. The Morgan fingerprint density at radius 1 is 1.42 bits per heavy atom. The maximum absolute atomic E-state index is 11.9. The largest absolute Gasteiger partial charge is 0.497 e. The molecule has 0 atom stereocenters. The van der Waals surface area contributed by atoms with Gasteiger partial charge in [-0.15, -0.1) is 0 Å². The van der Waals surface area contributed by atoms with Gasteiger partial charge in [-0.2, -0.15) is 12.7 Å². The summed E-state index contributed by atoms with van der Waals surface area (Å²) in [7, 11) is -0.453. The zero-order valence-corrected chi connectivity index (χ0v) is 12.0. The topological polar surface area (TPSA) is 78.9 Å². The summed E-state index contributed by atoms with van der Waals surface area (Å²) in [6.07, 6.45) is 0.395. The second-order valence-corrected chi connectivity index (χ2v) is 5.95. The Morgan fingerprint density at radius 2 is 2.16 bits per heavy atom. The normalized spacial score (nSPS) is 11.8. The number of benzene rings is 1. The van der Waals surface area contributed by atoms with Gasteiger partial charge in [0.1, 0.15) is 5.75 Å². The Morgan fingerprint density at radius 3 is 2.79 bits per heavy atom. The minimum Gasteiger partial charge on any atom is -0.497 e. The van der Waals surface area contributed by atoms with Crippen molar-refractivity contribution in [1.29, 1.82) is 0 Å². The van der Waals surface area contributed by atoms with Crippen LogP contribution in [-0.2, 0) is 16.8 Å². The lowest BCUT2D eigenvalue weighted by molar-refractivity contribution is 0.289. The molecule has 0 aliphatic rings. The summed E-state index contributed by atoms with van der Waals surface area (Å²) >= 11 is 0. The van der Waals surface area contributed by atoms with Gasteiger partial charge in [-0.05, 0) is 24.1 Å². The van der Waals surface area contributed by atoms with Crippen LogP contribution in [0.1, 0.15) is 12.0 Å². The first-order valence-electron chi connectivity index (χ1n) is 5.94. The molecule has 7 heteroatoms. The molecular formula is C12H20N2O4S. The van der Waals surface area contributed by atoms with E-state index < -0.39 is 10.2 Å². The molecule has 1 rings (SSSR count). The molecule has 1 aromatic carbocycles. The number of aliphatic hydroxyl groups excluding tert-OH is 1.